The van der Waals surface area contributed by atoms with E-state index in [-0.39, 0.29) is 24.5 Å². The van der Waals surface area contributed by atoms with E-state index in [1.165, 1.54) is 0 Å². The average Bonchev–Trinajstić information content (AvgIpc) is 3.13. The van der Waals surface area contributed by atoms with Crippen LogP contribution in [0, 0.1) is 5.92 Å². The van der Waals surface area contributed by atoms with Gasteiger partial charge in [0.15, 0.2) is 0 Å². The Hall–Kier alpha value is -2.57. The molecule has 2 atom stereocenters. The van der Waals surface area contributed by atoms with E-state index in [2.05, 4.69) is 5.32 Å². The second-order valence-electron chi connectivity index (χ2n) is 7.06. The predicted octanol–water partition coefficient (Wildman–Crippen LogP) is 1.34. The Labute approximate surface area is 153 Å². The number of hydrogen-bond donors (Lipinski definition) is 2. The monoisotopic (exact) mass is 359 g/mol. The Morgan fingerprint density at radius 2 is 1.81 bits per heavy atom. The molecule has 1 aromatic rings. The maximum atomic E-state index is 12.5. The van der Waals surface area contributed by atoms with Crippen LogP contribution in [0.4, 0.5) is 4.79 Å². The van der Waals surface area contributed by atoms with Crippen molar-refractivity contribution in [1.82, 2.24) is 15.1 Å². The van der Waals surface area contributed by atoms with Gasteiger partial charge in [-0.1, -0.05) is 30.3 Å². The van der Waals surface area contributed by atoms with Crippen LogP contribution >= 0.6 is 0 Å². The number of piperidine rings is 1. The van der Waals surface area contributed by atoms with E-state index in [9.17, 15) is 14.4 Å². The molecule has 26 heavy (non-hydrogen) atoms. The van der Waals surface area contributed by atoms with E-state index in [0.29, 0.717) is 32.5 Å². The van der Waals surface area contributed by atoms with E-state index in [1.807, 2.05) is 35.2 Å². The molecular weight excluding hydrogens is 334 g/mol. The van der Waals surface area contributed by atoms with Crippen molar-refractivity contribution in [3.05, 3.63) is 35.9 Å². The molecule has 2 fully saturated rings. The molecule has 2 unspecified atom stereocenters. The van der Waals surface area contributed by atoms with Crippen LogP contribution in [0.15, 0.2) is 30.3 Å². The minimum absolute atomic E-state index is 0.0715. The molecule has 3 rings (SSSR count). The summed E-state index contributed by atoms with van der Waals surface area (Å²) in [7, 11) is 0. The number of carbonyl (C=O) groups is 3. The number of urea groups is 1. The first kappa shape index (κ1) is 18.2. The fraction of sp³-hybridized carbons (Fsp3) is 0.526. The van der Waals surface area contributed by atoms with Gasteiger partial charge < -0.3 is 20.2 Å². The second kappa shape index (κ2) is 8.21. The number of carboxylic acid groups (broad SMARTS) is 1. The summed E-state index contributed by atoms with van der Waals surface area (Å²) in [5.74, 6) is -1.26. The van der Waals surface area contributed by atoms with Crippen molar-refractivity contribution >= 4 is 17.9 Å². The summed E-state index contributed by atoms with van der Waals surface area (Å²) in [5, 5.41) is 12.0. The number of aliphatic carboxylic acids is 1. The van der Waals surface area contributed by atoms with Gasteiger partial charge in [-0.25, -0.2) is 4.79 Å². The molecule has 2 aliphatic heterocycles. The molecule has 2 N–H and O–H groups in total. The third-order valence-electron chi connectivity index (χ3n) is 5.12. The molecular formula is C19H25N3O4. The molecule has 0 radical (unpaired) electrons. The van der Waals surface area contributed by atoms with Crippen LogP contribution in [-0.4, -0.2) is 65.0 Å². The largest absolute Gasteiger partial charge is 0.481 e. The van der Waals surface area contributed by atoms with E-state index in [1.54, 1.807) is 4.90 Å². The van der Waals surface area contributed by atoms with Crippen molar-refractivity contribution in [2.24, 2.45) is 5.92 Å². The fourth-order valence-electron chi connectivity index (χ4n) is 3.62. The highest BCUT2D eigenvalue weighted by molar-refractivity contribution is 5.79. The SMILES string of the molecule is O=C(O)C1CCN(C(=O)NC2CCCN(C(=O)Cc3ccccc3)C2)C1. The summed E-state index contributed by atoms with van der Waals surface area (Å²) < 4.78 is 0. The maximum absolute atomic E-state index is 12.5. The average molecular weight is 359 g/mol. The zero-order valence-corrected chi connectivity index (χ0v) is 14.8. The number of hydrogen-bond acceptors (Lipinski definition) is 3. The number of nitrogens with one attached hydrogen (secondary N) is 1. The molecule has 0 aliphatic carbocycles. The summed E-state index contributed by atoms with van der Waals surface area (Å²) in [6, 6.07) is 9.33. The number of likely N-dealkylation sites (tertiary alicyclic amines) is 2. The first-order chi connectivity index (χ1) is 12.5. The number of rotatable bonds is 4. The molecule has 7 nitrogen and oxygen atoms in total. The fourth-order valence-corrected chi connectivity index (χ4v) is 3.62. The Bertz CT molecular complexity index is 664. The number of benzene rings is 1. The minimum Gasteiger partial charge on any atom is -0.481 e. The molecule has 140 valence electrons. The molecule has 2 aliphatic rings. The Kier molecular flexibility index (Phi) is 5.75. The summed E-state index contributed by atoms with van der Waals surface area (Å²) in [6.45, 7) is 1.94. The van der Waals surface area contributed by atoms with Crippen molar-refractivity contribution in [3.8, 4) is 0 Å². The predicted molar refractivity (Wildman–Crippen MR) is 95.6 cm³/mol. The van der Waals surface area contributed by atoms with E-state index in [0.717, 1.165) is 18.4 Å². The van der Waals surface area contributed by atoms with Gasteiger partial charge in [0.05, 0.1) is 12.3 Å². The van der Waals surface area contributed by atoms with E-state index in [4.69, 9.17) is 5.11 Å². The normalized spacial score (nSPS) is 22.9. The lowest BCUT2D eigenvalue weighted by Crippen LogP contribution is -2.52. The number of carboxylic acids is 1. The second-order valence-corrected chi connectivity index (χ2v) is 7.06. The van der Waals surface area contributed by atoms with Gasteiger partial charge in [-0.3, -0.25) is 9.59 Å². The molecule has 2 saturated heterocycles. The topological polar surface area (TPSA) is 89.9 Å². The molecule has 0 spiro atoms. The van der Waals surface area contributed by atoms with Gasteiger partial charge in [-0.2, -0.15) is 0 Å². The van der Waals surface area contributed by atoms with Gasteiger partial charge >= 0.3 is 12.0 Å². The minimum atomic E-state index is -0.851. The molecule has 0 bridgehead atoms. The van der Waals surface area contributed by atoms with Crippen LogP contribution in [0.2, 0.25) is 0 Å². The van der Waals surface area contributed by atoms with Crippen LogP contribution in [0.25, 0.3) is 0 Å². The molecule has 1 aromatic carbocycles. The number of carbonyl (C=O) groups excluding carboxylic acids is 2. The lowest BCUT2D eigenvalue weighted by molar-refractivity contribution is -0.141. The third kappa shape index (κ3) is 4.53. The Morgan fingerprint density at radius 3 is 2.50 bits per heavy atom. The van der Waals surface area contributed by atoms with Crippen LogP contribution in [0.5, 0.6) is 0 Å². The highest BCUT2D eigenvalue weighted by Gasteiger charge is 2.32. The molecule has 2 heterocycles. The van der Waals surface area contributed by atoms with Crippen LogP contribution < -0.4 is 5.32 Å². The maximum Gasteiger partial charge on any atom is 0.317 e. The van der Waals surface area contributed by atoms with Crippen molar-refractivity contribution < 1.29 is 19.5 Å². The Morgan fingerprint density at radius 1 is 1.04 bits per heavy atom. The van der Waals surface area contributed by atoms with Crippen LogP contribution in [0.3, 0.4) is 0 Å². The zero-order chi connectivity index (χ0) is 18.5. The van der Waals surface area contributed by atoms with Gasteiger partial charge in [0, 0.05) is 32.2 Å². The van der Waals surface area contributed by atoms with Crippen molar-refractivity contribution in [2.75, 3.05) is 26.2 Å². The van der Waals surface area contributed by atoms with E-state index < -0.39 is 11.9 Å². The first-order valence-electron chi connectivity index (χ1n) is 9.13. The van der Waals surface area contributed by atoms with Gasteiger partial charge in [0.1, 0.15) is 0 Å². The first-order valence-corrected chi connectivity index (χ1v) is 9.13. The lowest BCUT2D eigenvalue weighted by atomic mass is 10.0. The van der Waals surface area contributed by atoms with Gasteiger partial charge in [-0.05, 0) is 24.8 Å². The summed E-state index contributed by atoms with van der Waals surface area (Å²) in [4.78, 5) is 39.3. The van der Waals surface area contributed by atoms with E-state index >= 15 is 0 Å². The molecule has 0 saturated carbocycles. The van der Waals surface area contributed by atoms with Crippen LogP contribution in [-0.2, 0) is 16.0 Å². The smallest absolute Gasteiger partial charge is 0.317 e. The van der Waals surface area contributed by atoms with Gasteiger partial charge in [0.2, 0.25) is 5.91 Å². The van der Waals surface area contributed by atoms with Gasteiger partial charge in [0.25, 0.3) is 0 Å². The van der Waals surface area contributed by atoms with Crippen molar-refractivity contribution in [1.29, 1.82) is 0 Å². The standard InChI is InChI=1S/C19H25N3O4/c23-17(11-14-5-2-1-3-6-14)21-9-4-7-16(13-21)20-19(26)22-10-8-15(12-22)18(24)25/h1-3,5-6,15-16H,4,7-13H2,(H,20,26)(H,24,25). The number of amides is 3. The Balaban J connectivity index is 1.49. The quantitative estimate of drug-likeness (QED) is 0.849. The summed E-state index contributed by atoms with van der Waals surface area (Å²) >= 11 is 0. The molecule has 0 aromatic heterocycles. The van der Waals surface area contributed by atoms with Crippen molar-refractivity contribution in [2.45, 2.75) is 31.7 Å². The van der Waals surface area contributed by atoms with Crippen LogP contribution in [0.1, 0.15) is 24.8 Å². The molecule has 7 heteroatoms. The summed E-state index contributed by atoms with van der Waals surface area (Å²) in [5.41, 5.74) is 0.987. The number of nitrogens with zero attached hydrogens (tertiary/aromatic N) is 2. The molecule has 3 amide bonds. The summed E-state index contributed by atoms with van der Waals surface area (Å²) in [6.07, 6.45) is 2.54. The highest BCUT2D eigenvalue weighted by atomic mass is 16.4. The zero-order valence-electron chi connectivity index (χ0n) is 14.8. The van der Waals surface area contributed by atoms with Gasteiger partial charge in [-0.15, -0.1) is 0 Å². The third-order valence-corrected chi connectivity index (χ3v) is 5.12. The lowest BCUT2D eigenvalue weighted by Gasteiger charge is -2.34. The highest BCUT2D eigenvalue weighted by Crippen LogP contribution is 2.18. The van der Waals surface area contributed by atoms with Crippen molar-refractivity contribution in [3.63, 3.8) is 0 Å².